The number of aliphatic hydroxyl groups excluding tert-OH is 1. The van der Waals surface area contributed by atoms with Crippen LogP contribution in [0.1, 0.15) is 130 Å². The summed E-state index contributed by atoms with van der Waals surface area (Å²) in [5, 5.41) is 23.6. The molecule has 8 rings (SSSR count). The zero-order valence-corrected chi connectivity index (χ0v) is 31.2. The minimum absolute atomic E-state index is 0.0133. The van der Waals surface area contributed by atoms with Crippen molar-refractivity contribution in [2.75, 3.05) is 6.54 Å². The maximum atomic E-state index is 11.8. The van der Waals surface area contributed by atoms with Gasteiger partial charge in [-0.15, -0.1) is 0 Å². The molecule has 8 heteroatoms. The highest BCUT2D eigenvalue weighted by Gasteiger charge is 2.65. The molecule has 6 saturated heterocycles. The second kappa shape index (κ2) is 12.9. The van der Waals surface area contributed by atoms with Crippen molar-refractivity contribution >= 4 is 5.71 Å². The average molecular weight is 694 g/mol. The summed E-state index contributed by atoms with van der Waals surface area (Å²) >= 11 is 0. The predicted octanol–water partition coefficient (Wildman–Crippen LogP) is 7.72. The number of aliphatic imine (C=N–C) groups is 1. The molecular weight excluding hydrogens is 630 g/mol. The highest BCUT2D eigenvalue weighted by Crippen LogP contribution is 2.59. The number of ether oxygens (including phenoxy) is 5. The van der Waals surface area contributed by atoms with Crippen LogP contribution in [0.4, 0.5) is 0 Å². The lowest BCUT2D eigenvalue weighted by Gasteiger charge is -2.50. The molecule has 6 fully saturated rings. The molecule has 0 unspecified atom stereocenters. The van der Waals surface area contributed by atoms with Crippen molar-refractivity contribution in [3.8, 4) is 0 Å². The van der Waals surface area contributed by atoms with E-state index in [9.17, 15) is 10.2 Å². The van der Waals surface area contributed by atoms with E-state index in [0.29, 0.717) is 43.9 Å². The molecule has 1 aliphatic carbocycles. The molecule has 2 N–H and O–H groups in total. The lowest BCUT2D eigenvalue weighted by molar-refractivity contribution is -0.403. The van der Waals surface area contributed by atoms with E-state index in [-0.39, 0.29) is 35.6 Å². The summed E-state index contributed by atoms with van der Waals surface area (Å²) in [5.41, 5.74) is 2.47. The lowest BCUT2D eigenvalue weighted by Crippen LogP contribution is -2.60. The van der Waals surface area contributed by atoms with E-state index < -0.39 is 35.2 Å². The fourth-order valence-electron chi connectivity index (χ4n) is 11.5. The quantitative estimate of drug-likeness (QED) is 0.272. The van der Waals surface area contributed by atoms with Gasteiger partial charge in [-0.1, -0.05) is 57.2 Å². The molecular formula is C42H63NO7. The molecule has 0 aromatic heterocycles. The fourth-order valence-corrected chi connectivity index (χ4v) is 11.5. The van der Waals surface area contributed by atoms with Gasteiger partial charge in [-0.3, -0.25) is 4.99 Å². The third-order valence-electron chi connectivity index (χ3n) is 14.7. The van der Waals surface area contributed by atoms with Crippen LogP contribution in [0.25, 0.3) is 0 Å². The largest absolute Gasteiger partial charge is 0.390 e. The molecule has 8 aliphatic rings. The topological polar surface area (TPSA) is 99.0 Å². The number of aliphatic hydroxyl groups is 2. The Morgan fingerprint density at radius 2 is 1.64 bits per heavy atom. The highest BCUT2D eigenvalue weighted by molar-refractivity contribution is 5.91. The molecule has 8 nitrogen and oxygen atoms in total. The van der Waals surface area contributed by atoms with E-state index in [1.54, 1.807) is 0 Å². The van der Waals surface area contributed by atoms with Crippen molar-refractivity contribution < 1.29 is 33.9 Å². The number of nitrogens with zero attached hydrogens (tertiary/aromatic N) is 1. The van der Waals surface area contributed by atoms with E-state index in [1.807, 2.05) is 13.0 Å². The van der Waals surface area contributed by atoms with Crippen molar-refractivity contribution in [2.24, 2.45) is 34.1 Å². The normalized spacial score (nSPS) is 52.6. The first-order valence-electron chi connectivity index (χ1n) is 20.1. The minimum Gasteiger partial charge on any atom is -0.390 e. The second-order valence-corrected chi connectivity index (χ2v) is 18.3. The van der Waals surface area contributed by atoms with Gasteiger partial charge < -0.3 is 33.9 Å². The van der Waals surface area contributed by atoms with Crippen molar-refractivity contribution in [3.63, 3.8) is 0 Å². The molecule has 0 aromatic carbocycles. The minimum atomic E-state index is -1.11. The zero-order valence-electron chi connectivity index (χ0n) is 31.2. The molecule has 14 atom stereocenters. The van der Waals surface area contributed by atoms with Crippen LogP contribution in [0.15, 0.2) is 41.4 Å². The Balaban J connectivity index is 1.20. The Morgan fingerprint density at radius 3 is 2.46 bits per heavy atom. The maximum Gasteiger partial charge on any atom is 0.200 e. The van der Waals surface area contributed by atoms with Gasteiger partial charge in [0.05, 0.1) is 24.4 Å². The summed E-state index contributed by atoms with van der Waals surface area (Å²) in [4.78, 5) is 5.49. The fraction of sp³-hybridized carbons (Fsp3) is 0.833. The maximum absolute atomic E-state index is 11.8. The van der Waals surface area contributed by atoms with Gasteiger partial charge in [0.2, 0.25) is 5.79 Å². The van der Waals surface area contributed by atoms with E-state index >= 15 is 0 Å². The first-order valence-corrected chi connectivity index (χ1v) is 20.1. The van der Waals surface area contributed by atoms with Crippen LogP contribution in [0.2, 0.25) is 0 Å². The van der Waals surface area contributed by atoms with Crippen LogP contribution in [0.3, 0.4) is 0 Å². The first kappa shape index (κ1) is 35.6. The smallest absolute Gasteiger partial charge is 0.200 e. The predicted molar refractivity (Wildman–Crippen MR) is 192 cm³/mol. The van der Waals surface area contributed by atoms with E-state index in [4.69, 9.17) is 28.7 Å². The monoisotopic (exact) mass is 693 g/mol. The van der Waals surface area contributed by atoms with E-state index in [1.165, 1.54) is 16.9 Å². The standard InChI is InChI=1S/C42H63NO7/c1-7-30-13-17-39-22-27(3)29(5)25-43-34(39)12-8-10-26(2)20-31-14-16-38(6,45)42(47-31)19-18-40(50-42)15-9-11-32(46-40)24-41-23-28(4)35(44)37(49-41)36(48-41)33(39)21-30/h7,21,27-29,31-33,35-37,44-45H,1-2,8-20,22-25H2,3-6H3/t27-,28+,29-,31-,32+,33+,35+,36-,37+,38+,39+,40+,41+,42+/m0/s1. The van der Waals surface area contributed by atoms with Gasteiger partial charge >= 0.3 is 0 Å². The van der Waals surface area contributed by atoms with Crippen molar-refractivity contribution in [1.29, 1.82) is 0 Å². The van der Waals surface area contributed by atoms with Gasteiger partial charge in [-0.05, 0) is 95.3 Å². The van der Waals surface area contributed by atoms with E-state index in [0.717, 1.165) is 77.2 Å². The molecule has 0 saturated carbocycles. The Hall–Kier alpha value is -1.39. The number of hydrogen-bond donors (Lipinski definition) is 2. The number of hydrogen-bond acceptors (Lipinski definition) is 8. The number of fused-ring (bicyclic) bond motifs is 6. The summed E-state index contributed by atoms with van der Waals surface area (Å²) in [6.07, 6.45) is 16.0. The third-order valence-corrected chi connectivity index (χ3v) is 14.7. The van der Waals surface area contributed by atoms with Gasteiger partial charge in [0.15, 0.2) is 11.6 Å². The Morgan fingerprint density at radius 1 is 0.820 bits per heavy atom. The van der Waals surface area contributed by atoms with E-state index in [2.05, 4.69) is 40.0 Å². The third kappa shape index (κ3) is 5.95. The molecule has 7 bridgehead atoms. The second-order valence-electron chi connectivity index (χ2n) is 18.3. The van der Waals surface area contributed by atoms with Gasteiger partial charge in [0.25, 0.3) is 0 Å². The van der Waals surface area contributed by atoms with Crippen LogP contribution in [-0.2, 0) is 23.7 Å². The molecule has 0 radical (unpaired) electrons. The van der Waals surface area contributed by atoms with Crippen LogP contribution in [0, 0.1) is 29.1 Å². The van der Waals surface area contributed by atoms with Crippen LogP contribution >= 0.6 is 0 Å². The van der Waals surface area contributed by atoms with Gasteiger partial charge in [0, 0.05) is 55.7 Å². The van der Waals surface area contributed by atoms with Crippen LogP contribution in [-0.4, -0.2) is 76.0 Å². The Labute approximate surface area is 300 Å². The molecule has 0 aromatic rings. The molecule has 7 heterocycles. The summed E-state index contributed by atoms with van der Waals surface area (Å²) in [5.74, 6) is -1.72. The zero-order chi connectivity index (χ0) is 35.1. The lowest BCUT2D eigenvalue weighted by atomic mass is 9.57. The summed E-state index contributed by atoms with van der Waals surface area (Å²) in [7, 11) is 0. The van der Waals surface area contributed by atoms with Crippen molar-refractivity contribution in [1.82, 2.24) is 0 Å². The Kier molecular flexibility index (Phi) is 9.18. The van der Waals surface area contributed by atoms with Crippen molar-refractivity contribution in [3.05, 3.63) is 36.5 Å². The molecule has 0 amide bonds. The summed E-state index contributed by atoms with van der Waals surface area (Å²) < 4.78 is 35.1. The SMILES string of the molecule is C=CC1=C[C@@H]2[C@@H]3O[C@]4(C[C@H]5CCC[C@@]6(CC[C@@]7(O[C@@H](CC[C@@]7(C)O)CC(=C)CCCC7=NC[C@H](C)[C@@H](C)C[C@@]72CC1)O6)O5)C[C@@H](C)[C@@H](O)[C@H]3O4. The van der Waals surface area contributed by atoms with Crippen LogP contribution < -0.4 is 0 Å². The highest BCUT2D eigenvalue weighted by atomic mass is 16.8. The molecule has 278 valence electrons. The van der Waals surface area contributed by atoms with Gasteiger partial charge in [-0.25, -0.2) is 0 Å². The molecule has 7 aliphatic heterocycles. The molecule has 4 spiro atoms. The number of rotatable bonds is 1. The number of allylic oxidation sites excluding steroid dienone is 2. The van der Waals surface area contributed by atoms with Crippen molar-refractivity contribution in [2.45, 2.75) is 184 Å². The average Bonchev–Trinajstić information content (AvgIpc) is 3.55. The summed E-state index contributed by atoms with van der Waals surface area (Å²) in [6, 6.07) is 0. The molecule has 50 heavy (non-hydrogen) atoms. The Bertz CT molecular complexity index is 1410. The van der Waals surface area contributed by atoms with Gasteiger partial charge in [0.1, 0.15) is 11.7 Å². The summed E-state index contributed by atoms with van der Waals surface area (Å²) in [6.45, 7) is 18.4. The van der Waals surface area contributed by atoms with Gasteiger partial charge in [-0.2, -0.15) is 0 Å². The first-order chi connectivity index (χ1) is 23.8. The van der Waals surface area contributed by atoms with Crippen LogP contribution in [0.5, 0.6) is 0 Å².